The zero-order valence-electron chi connectivity index (χ0n) is 13.7. The molecular formula is C17H25N3O2. The second-order valence-corrected chi connectivity index (χ2v) is 7.06. The van der Waals surface area contributed by atoms with Crippen molar-refractivity contribution >= 4 is 11.7 Å². The summed E-state index contributed by atoms with van der Waals surface area (Å²) in [5.74, 6) is 0.678. The van der Waals surface area contributed by atoms with Gasteiger partial charge in [-0.2, -0.15) is 0 Å². The standard InChI is InChI=1S/C17H25N3O2/c1-16(2)11-20(12-17(22-16)8-4-5-9-17)14-13(15(21)18-3)7-6-10-19-14/h6-7,10H,4-5,8-9,11-12H2,1-3H3,(H,18,21). The van der Waals surface area contributed by atoms with Crippen molar-refractivity contribution in [3.63, 3.8) is 0 Å². The molecule has 22 heavy (non-hydrogen) atoms. The van der Waals surface area contributed by atoms with Gasteiger partial charge in [0.2, 0.25) is 0 Å². The number of pyridine rings is 1. The molecule has 0 aromatic carbocycles. The Morgan fingerprint density at radius 3 is 2.73 bits per heavy atom. The van der Waals surface area contributed by atoms with Crippen LogP contribution >= 0.6 is 0 Å². The van der Waals surface area contributed by atoms with Crippen LogP contribution in [-0.4, -0.2) is 42.2 Å². The molecule has 3 rings (SSSR count). The second kappa shape index (κ2) is 5.54. The first-order chi connectivity index (χ1) is 10.4. The number of anilines is 1. The molecule has 0 bridgehead atoms. The summed E-state index contributed by atoms with van der Waals surface area (Å²) in [6.07, 6.45) is 6.37. The number of carbonyl (C=O) groups excluding carboxylic acids is 1. The van der Waals surface area contributed by atoms with Crippen molar-refractivity contribution in [1.82, 2.24) is 10.3 Å². The Balaban J connectivity index is 1.95. The minimum atomic E-state index is -0.236. The Hall–Kier alpha value is -1.62. The van der Waals surface area contributed by atoms with E-state index >= 15 is 0 Å². The summed E-state index contributed by atoms with van der Waals surface area (Å²) in [6.45, 7) is 5.82. The van der Waals surface area contributed by atoms with Gasteiger partial charge in [-0.15, -0.1) is 0 Å². The van der Waals surface area contributed by atoms with Crippen LogP contribution in [0.4, 0.5) is 5.82 Å². The molecular weight excluding hydrogens is 278 g/mol. The first-order valence-electron chi connectivity index (χ1n) is 8.07. The first kappa shape index (κ1) is 15.3. The summed E-state index contributed by atoms with van der Waals surface area (Å²) in [7, 11) is 1.65. The fourth-order valence-electron chi connectivity index (χ4n) is 3.90. The highest BCUT2D eigenvalue weighted by molar-refractivity contribution is 5.98. The third kappa shape index (κ3) is 2.82. The Morgan fingerprint density at radius 1 is 1.32 bits per heavy atom. The summed E-state index contributed by atoms with van der Waals surface area (Å²) in [5, 5.41) is 2.71. The molecule has 1 aromatic rings. The number of carbonyl (C=O) groups is 1. The highest BCUT2D eigenvalue weighted by Crippen LogP contribution is 2.41. The van der Waals surface area contributed by atoms with Crippen LogP contribution in [-0.2, 0) is 4.74 Å². The lowest BCUT2D eigenvalue weighted by molar-refractivity contribution is -0.148. The Labute approximate surface area is 132 Å². The quantitative estimate of drug-likeness (QED) is 0.911. The van der Waals surface area contributed by atoms with E-state index in [1.165, 1.54) is 12.8 Å². The molecule has 0 atom stereocenters. The lowest BCUT2D eigenvalue weighted by Crippen LogP contribution is -2.59. The van der Waals surface area contributed by atoms with Crippen molar-refractivity contribution in [3.05, 3.63) is 23.9 Å². The molecule has 2 heterocycles. The van der Waals surface area contributed by atoms with Crippen LogP contribution in [0.5, 0.6) is 0 Å². The van der Waals surface area contributed by atoms with E-state index in [2.05, 4.69) is 29.0 Å². The maximum absolute atomic E-state index is 12.1. The van der Waals surface area contributed by atoms with E-state index in [1.807, 2.05) is 12.1 Å². The van der Waals surface area contributed by atoms with Gasteiger partial charge in [-0.3, -0.25) is 4.79 Å². The van der Waals surface area contributed by atoms with E-state index in [-0.39, 0.29) is 17.1 Å². The molecule has 1 aliphatic carbocycles. The number of nitrogens with zero attached hydrogens (tertiary/aromatic N) is 2. The Bertz CT molecular complexity index is 565. The smallest absolute Gasteiger partial charge is 0.254 e. The fourth-order valence-corrected chi connectivity index (χ4v) is 3.90. The predicted molar refractivity (Wildman–Crippen MR) is 86.2 cm³/mol. The molecule has 0 radical (unpaired) electrons. The van der Waals surface area contributed by atoms with E-state index < -0.39 is 0 Å². The van der Waals surface area contributed by atoms with Crippen LogP contribution in [0.1, 0.15) is 49.9 Å². The molecule has 5 heteroatoms. The molecule has 120 valence electrons. The molecule has 5 nitrogen and oxygen atoms in total. The van der Waals surface area contributed by atoms with Gasteiger partial charge in [0.1, 0.15) is 5.82 Å². The van der Waals surface area contributed by atoms with Crippen molar-refractivity contribution in [2.45, 2.75) is 50.7 Å². The molecule has 2 aliphatic rings. The van der Waals surface area contributed by atoms with E-state index in [9.17, 15) is 4.79 Å². The molecule has 1 saturated carbocycles. The van der Waals surface area contributed by atoms with Crippen LogP contribution in [0.15, 0.2) is 18.3 Å². The zero-order valence-corrected chi connectivity index (χ0v) is 13.7. The van der Waals surface area contributed by atoms with E-state index in [0.717, 1.165) is 31.7 Å². The molecule has 1 N–H and O–H groups in total. The van der Waals surface area contributed by atoms with Crippen molar-refractivity contribution in [2.24, 2.45) is 0 Å². The van der Waals surface area contributed by atoms with Gasteiger partial charge >= 0.3 is 0 Å². The largest absolute Gasteiger partial charge is 0.365 e. The number of nitrogens with one attached hydrogen (secondary N) is 1. The number of morpholine rings is 1. The van der Waals surface area contributed by atoms with Gasteiger partial charge in [0.15, 0.2) is 0 Å². The number of ether oxygens (including phenoxy) is 1. The SMILES string of the molecule is CNC(=O)c1cccnc1N1CC(C)(C)OC2(CCCC2)C1. The van der Waals surface area contributed by atoms with Gasteiger partial charge < -0.3 is 15.0 Å². The Kier molecular flexibility index (Phi) is 3.85. The molecule has 1 amide bonds. The number of amides is 1. The van der Waals surface area contributed by atoms with Crippen molar-refractivity contribution < 1.29 is 9.53 Å². The van der Waals surface area contributed by atoms with Gasteiger partial charge in [0.25, 0.3) is 5.91 Å². The van der Waals surface area contributed by atoms with Gasteiger partial charge in [0, 0.05) is 26.3 Å². The van der Waals surface area contributed by atoms with Crippen molar-refractivity contribution in [2.75, 3.05) is 25.0 Å². The normalized spacial score (nSPS) is 22.8. The monoisotopic (exact) mass is 303 g/mol. The van der Waals surface area contributed by atoms with Crippen LogP contribution in [0.25, 0.3) is 0 Å². The summed E-state index contributed by atoms with van der Waals surface area (Å²) >= 11 is 0. The summed E-state index contributed by atoms with van der Waals surface area (Å²) in [5.41, 5.74) is 0.315. The van der Waals surface area contributed by atoms with E-state index in [1.54, 1.807) is 13.2 Å². The van der Waals surface area contributed by atoms with Gasteiger partial charge in [-0.1, -0.05) is 12.8 Å². The zero-order chi connectivity index (χ0) is 15.8. The fraction of sp³-hybridized carbons (Fsp3) is 0.647. The molecule has 1 saturated heterocycles. The molecule has 1 spiro atoms. The van der Waals surface area contributed by atoms with E-state index in [4.69, 9.17) is 4.74 Å². The van der Waals surface area contributed by atoms with E-state index in [0.29, 0.717) is 5.56 Å². The maximum atomic E-state index is 12.1. The van der Waals surface area contributed by atoms with Gasteiger partial charge in [-0.05, 0) is 38.8 Å². The van der Waals surface area contributed by atoms with Crippen molar-refractivity contribution in [1.29, 1.82) is 0 Å². The lowest BCUT2D eigenvalue weighted by Gasteiger charge is -2.49. The van der Waals surface area contributed by atoms with Crippen molar-refractivity contribution in [3.8, 4) is 0 Å². The Morgan fingerprint density at radius 2 is 2.05 bits per heavy atom. The molecule has 0 unspecified atom stereocenters. The van der Waals surface area contributed by atoms with Crippen LogP contribution in [0.3, 0.4) is 0 Å². The molecule has 2 fully saturated rings. The summed E-state index contributed by atoms with van der Waals surface area (Å²) in [4.78, 5) is 18.9. The number of rotatable bonds is 2. The third-order valence-corrected chi connectivity index (χ3v) is 4.62. The average Bonchev–Trinajstić information content (AvgIpc) is 2.92. The highest BCUT2D eigenvalue weighted by Gasteiger charge is 2.46. The average molecular weight is 303 g/mol. The van der Waals surface area contributed by atoms with Crippen LogP contribution in [0.2, 0.25) is 0 Å². The summed E-state index contributed by atoms with van der Waals surface area (Å²) < 4.78 is 6.43. The van der Waals surface area contributed by atoms with Crippen LogP contribution in [0, 0.1) is 0 Å². The summed E-state index contributed by atoms with van der Waals surface area (Å²) in [6, 6.07) is 3.65. The predicted octanol–water partition coefficient (Wildman–Crippen LogP) is 2.37. The third-order valence-electron chi connectivity index (χ3n) is 4.62. The number of hydrogen-bond acceptors (Lipinski definition) is 4. The lowest BCUT2D eigenvalue weighted by atomic mass is 9.94. The van der Waals surface area contributed by atoms with Gasteiger partial charge in [-0.25, -0.2) is 4.98 Å². The molecule has 1 aliphatic heterocycles. The minimum absolute atomic E-state index is 0.0841. The number of hydrogen-bond donors (Lipinski definition) is 1. The van der Waals surface area contributed by atoms with Crippen LogP contribution < -0.4 is 10.2 Å². The topological polar surface area (TPSA) is 54.5 Å². The first-order valence-corrected chi connectivity index (χ1v) is 8.07. The van der Waals surface area contributed by atoms with Gasteiger partial charge in [0.05, 0.1) is 16.8 Å². The maximum Gasteiger partial charge on any atom is 0.254 e. The number of aromatic nitrogens is 1. The molecule has 1 aromatic heterocycles. The second-order valence-electron chi connectivity index (χ2n) is 7.06. The minimum Gasteiger partial charge on any atom is -0.365 e. The highest BCUT2D eigenvalue weighted by atomic mass is 16.5.